The summed E-state index contributed by atoms with van der Waals surface area (Å²) in [6.07, 6.45) is 0. The summed E-state index contributed by atoms with van der Waals surface area (Å²) in [6, 6.07) is 0. The van der Waals surface area contributed by atoms with E-state index in [1.807, 2.05) is 5.21 Å². The van der Waals surface area contributed by atoms with Crippen molar-refractivity contribution in [1.29, 1.82) is 0 Å². The zero-order valence-corrected chi connectivity index (χ0v) is 3.64. The van der Waals surface area contributed by atoms with E-state index in [1.165, 1.54) is 0 Å². The van der Waals surface area contributed by atoms with Crippen molar-refractivity contribution in [3.05, 3.63) is 4.91 Å². The first-order valence-electron chi connectivity index (χ1n) is 1.70. The smallest absolute Gasteiger partial charge is 0.337 e. The van der Waals surface area contributed by atoms with Gasteiger partial charge in [0, 0.05) is 5.21 Å². The minimum Gasteiger partial charge on any atom is -0.337 e. The molecule has 0 fully saturated rings. The summed E-state index contributed by atoms with van der Waals surface area (Å²) in [4.78, 5) is 9.31. The van der Waals surface area contributed by atoms with Crippen LogP contribution >= 0.6 is 0 Å². The summed E-state index contributed by atoms with van der Waals surface area (Å²) in [6.45, 7) is 0. The second-order valence-corrected chi connectivity index (χ2v) is 0.985. The highest BCUT2D eigenvalue weighted by atomic mass is 16.6. The van der Waals surface area contributed by atoms with Crippen molar-refractivity contribution in [2.75, 3.05) is 0 Å². The monoisotopic (exact) mass is 116 g/mol. The van der Waals surface area contributed by atoms with E-state index < -0.39 is 10.9 Å². The van der Waals surface area contributed by atoms with E-state index in [1.54, 1.807) is 0 Å². The average Bonchev–Trinajstić information content (AvgIpc) is 2.12. The fourth-order valence-electron chi connectivity index (χ4n) is 0.238. The van der Waals surface area contributed by atoms with Crippen LogP contribution in [0.1, 0.15) is 0 Å². The first-order valence-corrected chi connectivity index (χ1v) is 1.70. The maximum atomic E-state index is 9.79. The molecule has 0 saturated carbocycles. The van der Waals surface area contributed by atoms with Crippen molar-refractivity contribution in [1.82, 2.24) is 20.6 Å². The molecule has 0 atom stereocenters. The van der Waals surface area contributed by atoms with Crippen molar-refractivity contribution in [2.45, 2.75) is 0 Å². The quantitative estimate of drug-likeness (QED) is 0.459. The Hall–Kier alpha value is -1.53. The molecule has 1 heterocycles. The number of aromatic amines is 1. The highest BCUT2D eigenvalue weighted by molar-refractivity contribution is 4.89. The third-order valence-electron chi connectivity index (χ3n) is 0.505. The molecule has 0 aliphatic carbocycles. The van der Waals surface area contributed by atoms with Gasteiger partial charge in [-0.2, -0.15) is 0 Å². The Kier molecular flexibility index (Phi) is 0.881. The van der Waals surface area contributed by atoms with Crippen molar-refractivity contribution < 1.29 is 10.1 Å². The standard InChI is InChI=1S/CH2N5O2/c7-6(8)1-2-4-5-3-1/h(H,7,8)(H,2,3,4,5)/q+1. The molecule has 0 unspecified atom stereocenters. The van der Waals surface area contributed by atoms with Gasteiger partial charge in [-0.05, 0) is 4.91 Å². The lowest BCUT2D eigenvalue weighted by Crippen LogP contribution is -1.93. The van der Waals surface area contributed by atoms with Crippen LogP contribution in [-0.2, 0) is 0 Å². The van der Waals surface area contributed by atoms with Gasteiger partial charge in [-0.15, -0.1) is 0 Å². The molecule has 8 heavy (non-hydrogen) atoms. The Morgan fingerprint density at radius 3 is 2.75 bits per heavy atom. The van der Waals surface area contributed by atoms with Crippen LogP contribution in [0.3, 0.4) is 0 Å². The number of rotatable bonds is 1. The van der Waals surface area contributed by atoms with E-state index in [0.717, 1.165) is 0 Å². The van der Waals surface area contributed by atoms with Gasteiger partial charge in [0.2, 0.25) is 0 Å². The van der Waals surface area contributed by atoms with Crippen molar-refractivity contribution >= 4 is 5.95 Å². The first kappa shape index (κ1) is 4.62. The SMILES string of the molecule is O=[N+](O)c1nn[nH]n1. The molecule has 2 N–H and O–H groups in total. The van der Waals surface area contributed by atoms with Crippen molar-refractivity contribution in [3.63, 3.8) is 0 Å². The zero-order chi connectivity index (χ0) is 5.98. The van der Waals surface area contributed by atoms with Crippen LogP contribution in [-0.4, -0.2) is 30.8 Å². The molecule has 42 valence electrons. The van der Waals surface area contributed by atoms with Crippen LogP contribution in [0.5, 0.6) is 0 Å². The largest absolute Gasteiger partial charge is 0.554 e. The van der Waals surface area contributed by atoms with Crippen LogP contribution in [0, 0.1) is 4.91 Å². The Labute approximate surface area is 42.9 Å². The highest BCUT2D eigenvalue weighted by Gasteiger charge is 2.14. The van der Waals surface area contributed by atoms with Crippen LogP contribution in [0.4, 0.5) is 5.95 Å². The molecule has 1 aromatic heterocycles. The second kappa shape index (κ2) is 1.52. The summed E-state index contributed by atoms with van der Waals surface area (Å²) >= 11 is 0. The lowest BCUT2D eigenvalue weighted by Gasteiger charge is -1.66. The maximum Gasteiger partial charge on any atom is 0.554 e. The number of nitrogens with one attached hydrogen (secondary N) is 1. The molecular weight excluding hydrogens is 114 g/mol. The Morgan fingerprint density at radius 2 is 2.50 bits per heavy atom. The van der Waals surface area contributed by atoms with Gasteiger partial charge in [0.1, 0.15) is 0 Å². The molecule has 1 aromatic rings. The fraction of sp³-hybridized carbons (Fsp3) is 0. The molecule has 0 spiro atoms. The molecule has 0 amide bonds. The second-order valence-electron chi connectivity index (χ2n) is 0.985. The summed E-state index contributed by atoms with van der Waals surface area (Å²) in [7, 11) is 0. The summed E-state index contributed by atoms with van der Waals surface area (Å²) in [5.41, 5.74) is 0. The molecule has 7 nitrogen and oxygen atoms in total. The van der Waals surface area contributed by atoms with Crippen LogP contribution < -0.4 is 0 Å². The van der Waals surface area contributed by atoms with E-state index in [9.17, 15) is 4.91 Å². The van der Waals surface area contributed by atoms with Gasteiger partial charge in [0.05, 0.1) is 10.2 Å². The Morgan fingerprint density at radius 1 is 1.75 bits per heavy atom. The molecule has 0 aliphatic heterocycles. The van der Waals surface area contributed by atoms with Crippen LogP contribution in [0.25, 0.3) is 0 Å². The van der Waals surface area contributed by atoms with E-state index >= 15 is 0 Å². The topological polar surface area (TPSA) is 94.8 Å². The summed E-state index contributed by atoms with van der Waals surface area (Å²) in [5, 5.41) is 19.3. The van der Waals surface area contributed by atoms with E-state index in [4.69, 9.17) is 5.21 Å². The molecule has 0 radical (unpaired) electrons. The average molecular weight is 116 g/mol. The molecule has 7 heteroatoms. The molecule has 0 bridgehead atoms. The Balaban J connectivity index is 2.93. The van der Waals surface area contributed by atoms with E-state index in [-0.39, 0.29) is 0 Å². The van der Waals surface area contributed by atoms with Crippen LogP contribution in [0.2, 0.25) is 0 Å². The minimum absolute atomic E-state index is 0.398. The highest BCUT2D eigenvalue weighted by Crippen LogP contribution is 1.90. The number of H-pyrrole nitrogens is 1. The Bertz CT molecular complexity index is 178. The minimum atomic E-state index is -0.483. The van der Waals surface area contributed by atoms with E-state index in [2.05, 4.69) is 15.4 Å². The lowest BCUT2D eigenvalue weighted by molar-refractivity contribution is -0.734. The van der Waals surface area contributed by atoms with E-state index in [0.29, 0.717) is 0 Å². The number of aromatic nitrogens is 4. The molecule has 0 aromatic carbocycles. The first-order chi connectivity index (χ1) is 3.80. The number of nitrogens with zero attached hydrogens (tertiary/aromatic N) is 4. The number of tetrazole rings is 1. The predicted molar refractivity (Wildman–Crippen MR) is 19.3 cm³/mol. The van der Waals surface area contributed by atoms with Gasteiger partial charge in [0.25, 0.3) is 0 Å². The normalized spacial score (nSPS) is 9.00. The van der Waals surface area contributed by atoms with Gasteiger partial charge in [0.15, 0.2) is 4.92 Å². The van der Waals surface area contributed by atoms with Crippen molar-refractivity contribution in [3.8, 4) is 0 Å². The van der Waals surface area contributed by atoms with Gasteiger partial charge >= 0.3 is 5.95 Å². The van der Waals surface area contributed by atoms with Gasteiger partial charge in [-0.3, -0.25) is 0 Å². The third-order valence-corrected chi connectivity index (χ3v) is 0.505. The number of hydrogen-bond donors (Lipinski definition) is 2. The lowest BCUT2D eigenvalue weighted by atomic mass is 11.1. The molecule has 1 rings (SSSR count). The fourth-order valence-corrected chi connectivity index (χ4v) is 0.238. The predicted octanol–water partition coefficient (Wildman–Crippen LogP) is -1.00. The summed E-state index contributed by atoms with van der Waals surface area (Å²) < 4.78 is 0. The van der Waals surface area contributed by atoms with Gasteiger partial charge in [-0.25, -0.2) is 0 Å². The summed E-state index contributed by atoms with van der Waals surface area (Å²) in [5.74, 6) is -0.398. The molecule has 0 saturated heterocycles. The van der Waals surface area contributed by atoms with Crippen molar-refractivity contribution in [2.24, 2.45) is 0 Å². The van der Waals surface area contributed by atoms with Crippen LogP contribution in [0.15, 0.2) is 0 Å². The maximum absolute atomic E-state index is 9.79. The zero-order valence-electron chi connectivity index (χ0n) is 3.64. The molecule has 0 aliphatic rings. The van der Waals surface area contributed by atoms with Gasteiger partial charge in [-0.1, -0.05) is 5.21 Å². The number of hydrogen-bond acceptors (Lipinski definition) is 4. The molecular formula is CH2N5O2+. The van der Waals surface area contributed by atoms with Gasteiger partial charge < -0.3 is 5.21 Å². The third kappa shape index (κ3) is 0.600.